The van der Waals surface area contributed by atoms with Gasteiger partial charge >= 0.3 is 0 Å². The molecule has 2 heterocycles. The van der Waals surface area contributed by atoms with Crippen LogP contribution in [0, 0.1) is 0 Å². The van der Waals surface area contributed by atoms with Gasteiger partial charge in [-0.1, -0.05) is 25.3 Å². The maximum atomic E-state index is 13.7. The van der Waals surface area contributed by atoms with Gasteiger partial charge in [-0.15, -0.1) is 0 Å². The number of ether oxygens (including phenoxy) is 2. The number of likely N-dealkylation sites (tertiary alicyclic amines) is 1. The maximum absolute atomic E-state index is 13.7. The van der Waals surface area contributed by atoms with Gasteiger partial charge in [0.25, 0.3) is 5.91 Å². The fourth-order valence-corrected chi connectivity index (χ4v) is 5.74. The number of rotatable bonds is 12. The van der Waals surface area contributed by atoms with E-state index in [1.54, 1.807) is 21.3 Å². The standard InChI is InChI=1S/C28H44N8O3/c1-30-26(32-34-29)18-20(14-17-35-15-7-4-8-16-35)31-28(37)22-19-23(36(33-22)21-10-5-6-11-21)27-24(38-2)12-9-13-25(27)39-3/h9,12-13,19-21,34H,4-8,10-11,14-18,29H2,1-3H3,(H,30,32)(H,31,37)/t20-/m0/s1. The van der Waals surface area contributed by atoms with Crippen molar-refractivity contribution in [3.8, 4) is 22.8 Å². The van der Waals surface area contributed by atoms with Gasteiger partial charge in [0.15, 0.2) is 5.69 Å². The van der Waals surface area contributed by atoms with Gasteiger partial charge in [0.1, 0.15) is 17.3 Å². The van der Waals surface area contributed by atoms with E-state index in [1.807, 2.05) is 28.9 Å². The van der Waals surface area contributed by atoms with Crippen LogP contribution in [0.5, 0.6) is 11.5 Å². The van der Waals surface area contributed by atoms with Crippen molar-refractivity contribution in [3.05, 3.63) is 30.0 Å². The Balaban J connectivity index is 1.61. The monoisotopic (exact) mass is 540 g/mol. The van der Waals surface area contributed by atoms with Gasteiger partial charge in [0.05, 0.1) is 31.5 Å². The molecule has 1 aliphatic heterocycles. The van der Waals surface area contributed by atoms with Crippen LogP contribution in [0.3, 0.4) is 0 Å². The summed E-state index contributed by atoms with van der Waals surface area (Å²) < 4.78 is 13.4. The van der Waals surface area contributed by atoms with E-state index in [2.05, 4.69) is 26.2 Å². The zero-order valence-electron chi connectivity index (χ0n) is 23.5. The number of aromatic nitrogens is 2. The van der Waals surface area contributed by atoms with Crippen LogP contribution in [-0.4, -0.2) is 73.4 Å². The molecule has 214 valence electrons. The second-order valence-corrected chi connectivity index (χ2v) is 10.3. The summed E-state index contributed by atoms with van der Waals surface area (Å²) in [6.07, 6.45) is 9.42. The van der Waals surface area contributed by atoms with E-state index in [1.165, 1.54) is 19.3 Å². The molecule has 1 atom stereocenters. The van der Waals surface area contributed by atoms with Gasteiger partial charge in [-0.25, -0.2) is 0 Å². The Bertz CT molecular complexity index is 1080. The summed E-state index contributed by atoms with van der Waals surface area (Å²) in [6.45, 7) is 3.12. The molecule has 1 aromatic heterocycles. The summed E-state index contributed by atoms with van der Waals surface area (Å²) >= 11 is 0. The Kier molecular flexibility index (Phi) is 10.6. The Morgan fingerprint density at radius 1 is 1.13 bits per heavy atom. The first-order valence-electron chi connectivity index (χ1n) is 14.1. The Labute approximate surface area is 231 Å². The molecule has 2 fully saturated rings. The third kappa shape index (κ3) is 7.28. The quantitative estimate of drug-likeness (QED) is 0.140. The van der Waals surface area contributed by atoms with Crippen LogP contribution in [0.1, 0.15) is 74.3 Å². The first-order chi connectivity index (χ1) is 19.1. The number of hydrogen-bond donors (Lipinski definition) is 4. The number of aliphatic imine (C=N–C) groups is 1. The summed E-state index contributed by atoms with van der Waals surface area (Å²) in [5, 5.41) is 8.11. The zero-order chi connectivity index (χ0) is 27.6. The van der Waals surface area contributed by atoms with Crippen molar-refractivity contribution in [2.45, 2.75) is 69.9 Å². The smallest absolute Gasteiger partial charge is 0.272 e. The first kappa shape index (κ1) is 28.8. The van der Waals surface area contributed by atoms with Crippen LogP contribution < -0.4 is 31.6 Å². The van der Waals surface area contributed by atoms with Crippen LogP contribution in [0.4, 0.5) is 0 Å². The van der Waals surface area contributed by atoms with Gasteiger partial charge in [-0.2, -0.15) is 10.6 Å². The molecule has 0 radical (unpaired) electrons. The predicted octanol–water partition coefficient (Wildman–Crippen LogP) is 3.04. The molecule has 5 N–H and O–H groups in total. The number of nitrogens with one attached hydrogen (secondary N) is 3. The Hall–Kier alpha value is -3.15. The Morgan fingerprint density at radius 2 is 1.82 bits per heavy atom. The number of carbonyl (C=O) groups is 1. The lowest BCUT2D eigenvalue weighted by atomic mass is 10.1. The number of benzene rings is 1. The van der Waals surface area contributed by atoms with E-state index in [4.69, 9.17) is 20.4 Å². The van der Waals surface area contributed by atoms with Gasteiger partial charge in [-0.3, -0.25) is 25.7 Å². The number of amidine groups is 1. The van der Waals surface area contributed by atoms with E-state index in [9.17, 15) is 4.79 Å². The third-order valence-corrected chi connectivity index (χ3v) is 7.83. The number of methoxy groups -OCH3 is 2. The van der Waals surface area contributed by atoms with Gasteiger partial charge < -0.3 is 19.7 Å². The van der Waals surface area contributed by atoms with Crippen molar-refractivity contribution in [2.24, 2.45) is 10.8 Å². The van der Waals surface area contributed by atoms with Crippen molar-refractivity contribution < 1.29 is 14.3 Å². The number of piperidine rings is 1. The van der Waals surface area contributed by atoms with Crippen LogP contribution in [0.15, 0.2) is 29.3 Å². The average Bonchev–Trinajstić information content (AvgIpc) is 3.66. The third-order valence-electron chi connectivity index (χ3n) is 7.83. The van der Waals surface area contributed by atoms with Crippen LogP contribution in [-0.2, 0) is 0 Å². The molecular formula is C28H44N8O3. The molecule has 0 spiro atoms. The van der Waals surface area contributed by atoms with E-state index in [-0.39, 0.29) is 18.0 Å². The van der Waals surface area contributed by atoms with Gasteiger partial charge in [-0.05, 0) is 63.4 Å². The van der Waals surface area contributed by atoms with Gasteiger partial charge in [0.2, 0.25) is 0 Å². The molecule has 0 unspecified atom stereocenters. The van der Waals surface area contributed by atoms with Crippen LogP contribution in [0.25, 0.3) is 11.3 Å². The SMILES string of the molecule is CN=C(C[C@H](CCN1CCCCC1)NC(=O)c1cc(-c2c(OC)cccc2OC)n(C2CCCC2)n1)NNN. The van der Waals surface area contributed by atoms with Crippen molar-refractivity contribution in [2.75, 3.05) is 40.9 Å². The average molecular weight is 541 g/mol. The summed E-state index contributed by atoms with van der Waals surface area (Å²) in [6, 6.07) is 7.66. The van der Waals surface area contributed by atoms with E-state index in [0.29, 0.717) is 29.4 Å². The minimum atomic E-state index is -0.207. The lowest BCUT2D eigenvalue weighted by Gasteiger charge is -2.28. The highest BCUT2D eigenvalue weighted by Crippen LogP contribution is 2.41. The molecule has 2 aromatic rings. The minimum Gasteiger partial charge on any atom is -0.496 e. The molecule has 11 heteroatoms. The predicted molar refractivity (Wildman–Crippen MR) is 153 cm³/mol. The highest BCUT2D eigenvalue weighted by atomic mass is 16.5. The molecule has 11 nitrogen and oxygen atoms in total. The van der Waals surface area contributed by atoms with E-state index < -0.39 is 0 Å². The number of amides is 1. The molecule has 0 bridgehead atoms. The first-order valence-corrected chi connectivity index (χ1v) is 14.1. The molecule has 1 aliphatic carbocycles. The summed E-state index contributed by atoms with van der Waals surface area (Å²) in [4.78, 5) is 20.5. The molecule has 1 saturated heterocycles. The molecule has 4 rings (SSSR count). The Morgan fingerprint density at radius 3 is 2.44 bits per heavy atom. The zero-order valence-corrected chi connectivity index (χ0v) is 23.5. The van der Waals surface area contributed by atoms with Crippen LogP contribution >= 0.6 is 0 Å². The van der Waals surface area contributed by atoms with Crippen molar-refractivity contribution in [1.29, 1.82) is 0 Å². The largest absolute Gasteiger partial charge is 0.496 e. The van der Waals surface area contributed by atoms with Crippen molar-refractivity contribution >= 4 is 11.7 Å². The maximum Gasteiger partial charge on any atom is 0.272 e. The lowest BCUT2D eigenvalue weighted by molar-refractivity contribution is 0.0925. The molecule has 1 amide bonds. The number of nitrogens with zero attached hydrogens (tertiary/aromatic N) is 4. The molecule has 2 aliphatic rings. The highest BCUT2D eigenvalue weighted by Gasteiger charge is 2.28. The second kappa shape index (κ2) is 14.3. The minimum absolute atomic E-state index is 0.139. The lowest BCUT2D eigenvalue weighted by Crippen LogP contribution is -2.47. The number of hydrazine groups is 2. The van der Waals surface area contributed by atoms with Crippen molar-refractivity contribution in [3.63, 3.8) is 0 Å². The van der Waals surface area contributed by atoms with Gasteiger partial charge in [0, 0.05) is 26.1 Å². The summed E-state index contributed by atoms with van der Waals surface area (Å²) in [5.41, 5.74) is 7.35. The topological polar surface area (TPSA) is 131 Å². The molecule has 1 saturated carbocycles. The fraction of sp³-hybridized carbons (Fsp3) is 0.607. The number of hydrogen-bond acceptors (Lipinski definition) is 8. The van der Waals surface area contributed by atoms with E-state index >= 15 is 0 Å². The second-order valence-electron chi connectivity index (χ2n) is 10.3. The highest BCUT2D eigenvalue weighted by molar-refractivity contribution is 5.94. The summed E-state index contributed by atoms with van der Waals surface area (Å²) in [5.74, 6) is 7.31. The fourth-order valence-electron chi connectivity index (χ4n) is 5.74. The van der Waals surface area contributed by atoms with Crippen molar-refractivity contribution in [1.82, 2.24) is 31.0 Å². The molecule has 39 heavy (non-hydrogen) atoms. The number of nitrogens with two attached hydrogens (primary N) is 1. The number of carbonyl (C=O) groups excluding carboxylic acids is 1. The molecular weight excluding hydrogens is 496 g/mol. The van der Waals surface area contributed by atoms with E-state index in [0.717, 1.165) is 63.0 Å². The molecule has 1 aromatic carbocycles. The summed E-state index contributed by atoms with van der Waals surface area (Å²) in [7, 11) is 5.00. The normalized spacial score (nSPS) is 17.7. The van der Waals surface area contributed by atoms with Crippen LogP contribution in [0.2, 0.25) is 0 Å².